The van der Waals surface area contributed by atoms with E-state index >= 15 is 0 Å². The molecule has 2 aromatic rings. The molecule has 1 atom stereocenters. The molecule has 0 aliphatic heterocycles. The van der Waals surface area contributed by atoms with E-state index in [2.05, 4.69) is 5.32 Å². The summed E-state index contributed by atoms with van der Waals surface area (Å²) >= 11 is 12.6. The second-order valence-electron chi connectivity index (χ2n) is 6.56. The molecule has 0 fully saturated rings. The quantitative estimate of drug-likeness (QED) is 0.615. The number of halogens is 2. The van der Waals surface area contributed by atoms with E-state index < -0.39 is 12.0 Å². The van der Waals surface area contributed by atoms with Crippen LogP contribution in [0.5, 0.6) is 5.75 Å². The maximum Gasteiger partial charge on any atom is 0.320 e. The molecule has 0 radical (unpaired) electrons. The monoisotopic (exact) mass is 395 g/mol. The maximum absolute atomic E-state index is 11.3. The van der Waals surface area contributed by atoms with E-state index in [0.29, 0.717) is 35.4 Å². The van der Waals surface area contributed by atoms with Crippen molar-refractivity contribution in [3.8, 4) is 5.75 Å². The van der Waals surface area contributed by atoms with Gasteiger partial charge in [0.1, 0.15) is 12.6 Å². The van der Waals surface area contributed by atoms with Gasteiger partial charge >= 0.3 is 5.97 Å². The lowest BCUT2D eigenvalue weighted by molar-refractivity contribution is -0.140. The van der Waals surface area contributed by atoms with Crippen molar-refractivity contribution in [2.45, 2.75) is 39.5 Å². The minimum absolute atomic E-state index is 0.282. The Balaban J connectivity index is 2.02. The molecule has 2 rings (SSSR count). The second-order valence-corrected chi connectivity index (χ2v) is 7.38. The molecule has 0 saturated heterocycles. The first kappa shape index (κ1) is 20.6. The van der Waals surface area contributed by atoms with Gasteiger partial charge in [0.2, 0.25) is 0 Å². The third-order valence-corrected chi connectivity index (χ3v) is 4.40. The molecule has 0 amide bonds. The van der Waals surface area contributed by atoms with Gasteiger partial charge in [-0.2, -0.15) is 0 Å². The van der Waals surface area contributed by atoms with E-state index in [4.69, 9.17) is 27.9 Å². The lowest BCUT2D eigenvalue weighted by atomic mass is 10.0. The Kier molecular flexibility index (Phi) is 7.76. The summed E-state index contributed by atoms with van der Waals surface area (Å²) in [4.78, 5) is 11.3. The molecule has 0 spiro atoms. The van der Waals surface area contributed by atoms with Crippen LogP contribution < -0.4 is 10.1 Å². The highest BCUT2D eigenvalue weighted by Gasteiger charge is 2.18. The van der Waals surface area contributed by atoms with E-state index in [-0.39, 0.29) is 5.92 Å². The fraction of sp³-hybridized carbons (Fsp3) is 0.350. The van der Waals surface area contributed by atoms with Gasteiger partial charge in [0.05, 0.1) is 10.0 Å². The second kappa shape index (κ2) is 9.81. The summed E-state index contributed by atoms with van der Waals surface area (Å²) in [6.45, 7) is 4.71. The number of aliphatic carboxylic acids is 1. The molecule has 2 aromatic carbocycles. The van der Waals surface area contributed by atoms with E-state index in [1.807, 2.05) is 44.2 Å². The van der Waals surface area contributed by atoms with Crippen LogP contribution in [0.15, 0.2) is 42.5 Å². The van der Waals surface area contributed by atoms with Crippen molar-refractivity contribution in [1.29, 1.82) is 0 Å². The van der Waals surface area contributed by atoms with E-state index in [1.54, 1.807) is 12.1 Å². The van der Waals surface area contributed by atoms with Gasteiger partial charge in [-0.15, -0.1) is 0 Å². The van der Waals surface area contributed by atoms with E-state index in [0.717, 1.165) is 11.1 Å². The van der Waals surface area contributed by atoms with Gasteiger partial charge < -0.3 is 15.2 Å². The molecule has 0 aliphatic carbocycles. The Morgan fingerprint density at radius 3 is 2.27 bits per heavy atom. The average Bonchev–Trinajstić information content (AvgIpc) is 2.58. The van der Waals surface area contributed by atoms with Crippen LogP contribution in [0.4, 0.5) is 0 Å². The van der Waals surface area contributed by atoms with Crippen molar-refractivity contribution in [1.82, 2.24) is 5.32 Å². The SMILES string of the molecule is CC(C)CC(NCc1cc(Cl)c(OCc2ccccc2)c(Cl)c1)C(=O)O. The number of hydrogen-bond donors (Lipinski definition) is 2. The molecule has 26 heavy (non-hydrogen) atoms. The molecule has 0 aromatic heterocycles. The molecule has 140 valence electrons. The third kappa shape index (κ3) is 6.20. The number of benzene rings is 2. The summed E-state index contributed by atoms with van der Waals surface area (Å²) in [6, 6.07) is 12.6. The summed E-state index contributed by atoms with van der Waals surface area (Å²) in [5.74, 6) is -0.152. The standard InChI is InChI=1S/C20H23Cl2NO3/c1-13(2)8-18(20(24)25)23-11-15-9-16(21)19(17(22)10-15)26-12-14-6-4-3-5-7-14/h3-7,9-10,13,18,23H,8,11-12H2,1-2H3,(H,24,25). The molecule has 4 nitrogen and oxygen atoms in total. The van der Waals surface area contributed by atoms with Gasteiger partial charge in [0, 0.05) is 6.54 Å². The van der Waals surface area contributed by atoms with Crippen molar-refractivity contribution >= 4 is 29.2 Å². The van der Waals surface area contributed by atoms with Crippen molar-refractivity contribution in [2.24, 2.45) is 5.92 Å². The lowest BCUT2D eigenvalue weighted by Gasteiger charge is -2.17. The van der Waals surface area contributed by atoms with Crippen LogP contribution in [0.3, 0.4) is 0 Å². The first-order valence-corrected chi connectivity index (χ1v) is 9.23. The molecule has 0 aliphatic rings. The summed E-state index contributed by atoms with van der Waals surface area (Å²) < 4.78 is 5.75. The largest absolute Gasteiger partial charge is 0.486 e. The summed E-state index contributed by atoms with van der Waals surface area (Å²) in [5, 5.41) is 13.1. The third-order valence-electron chi connectivity index (χ3n) is 3.84. The minimum Gasteiger partial charge on any atom is -0.486 e. The number of hydrogen-bond acceptors (Lipinski definition) is 3. The molecule has 1 unspecified atom stereocenters. The van der Waals surface area contributed by atoms with Gasteiger partial charge in [-0.3, -0.25) is 4.79 Å². The van der Waals surface area contributed by atoms with Gasteiger partial charge in [-0.25, -0.2) is 0 Å². The fourth-order valence-electron chi connectivity index (χ4n) is 2.57. The highest BCUT2D eigenvalue weighted by atomic mass is 35.5. The molecule has 0 heterocycles. The lowest BCUT2D eigenvalue weighted by Crippen LogP contribution is -2.37. The summed E-state index contributed by atoms with van der Waals surface area (Å²) in [7, 11) is 0. The number of rotatable bonds is 9. The molecule has 6 heteroatoms. The molecule has 2 N–H and O–H groups in total. The molecular formula is C20H23Cl2NO3. The zero-order valence-corrected chi connectivity index (χ0v) is 16.3. The van der Waals surface area contributed by atoms with Crippen molar-refractivity contribution in [2.75, 3.05) is 0 Å². The number of carboxylic acid groups (broad SMARTS) is 1. The maximum atomic E-state index is 11.3. The number of carboxylic acids is 1. The zero-order chi connectivity index (χ0) is 19.1. The Morgan fingerprint density at radius 1 is 1.12 bits per heavy atom. The molecule has 0 saturated carbocycles. The van der Waals surface area contributed by atoms with Gasteiger partial charge in [-0.1, -0.05) is 67.4 Å². The van der Waals surface area contributed by atoms with E-state index in [9.17, 15) is 9.90 Å². The zero-order valence-electron chi connectivity index (χ0n) is 14.8. The average molecular weight is 396 g/mol. The van der Waals surface area contributed by atoms with Gasteiger partial charge in [0.25, 0.3) is 0 Å². The smallest absolute Gasteiger partial charge is 0.320 e. The first-order valence-electron chi connectivity index (χ1n) is 8.47. The summed E-state index contributed by atoms with van der Waals surface area (Å²) in [6.07, 6.45) is 0.551. The van der Waals surface area contributed by atoms with Crippen LogP contribution in [-0.4, -0.2) is 17.1 Å². The summed E-state index contributed by atoms with van der Waals surface area (Å²) in [5.41, 5.74) is 1.82. The minimum atomic E-state index is -0.862. The van der Waals surface area contributed by atoms with Gasteiger partial charge in [0.15, 0.2) is 5.75 Å². The number of carbonyl (C=O) groups is 1. The van der Waals surface area contributed by atoms with Crippen LogP contribution in [0.2, 0.25) is 10.0 Å². The number of ether oxygens (including phenoxy) is 1. The van der Waals surface area contributed by atoms with Crippen LogP contribution in [0, 0.1) is 5.92 Å². The fourth-order valence-corrected chi connectivity index (χ4v) is 3.21. The van der Waals surface area contributed by atoms with Crippen molar-refractivity contribution < 1.29 is 14.6 Å². The molecular weight excluding hydrogens is 373 g/mol. The van der Waals surface area contributed by atoms with E-state index in [1.165, 1.54) is 0 Å². The highest BCUT2D eigenvalue weighted by Crippen LogP contribution is 2.34. The predicted molar refractivity (Wildman–Crippen MR) is 105 cm³/mol. The van der Waals surface area contributed by atoms with Gasteiger partial charge in [-0.05, 0) is 35.6 Å². The van der Waals surface area contributed by atoms with Crippen LogP contribution >= 0.6 is 23.2 Å². The topological polar surface area (TPSA) is 58.6 Å². The number of nitrogens with one attached hydrogen (secondary N) is 1. The van der Waals surface area contributed by atoms with Crippen molar-refractivity contribution in [3.05, 3.63) is 63.6 Å². The Labute approximate surface area is 164 Å². The Bertz CT molecular complexity index is 712. The van der Waals surface area contributed by atoms with Crippen LogP contribution in [0.1, 0.15) is 31.4 Å². The first-order chi connectivity index (χ1) is 12.4. The van der Waals surface area contributed by atoms with Crippen molar-refractivity contribution in [3.63, 3.8) is 0 Å². The van der Waals surface area contributed by atoms with Crippen LogP contribution in [-0.2, 0) is 17.9 Å². The highest BCUT2D eigenvalue weighted by molar-refractivity contribution is 6.37. The Morgan fingerprint density at radius 2 is 1.73 bits per heavy atom. The molecule has 0 bridgehead atoms. The predicted octanol–water partition coefficient (Wildman–Crippen LogP) is 5.16. The normalized spacial score (nSPS) is 12.2. The Hall–Kier alpha value is -1.75. The van der Waals surface area contributed by atoms with Crippen LogP contribution in [0.25, 0.3) is 0 Å².